The number of aliphatic carboxylic acids is 1. The highest BCUT2D eigenvalue weighted by Gasteiger charge is 2.31. The van der Waals surface area contributed by atoms with E-state index in [0.717, 1.165) is 12.1 Å². The summed E-state index contributed by atoms with van der Waals surface area (Å²) in [5.41, 5.74) is 4.78. The Morgan fingerprint density at radius 2 is 2.00 bits per heavy atom. The molecule has 0 heterocycles. The number of carbonyl (C=O) groups is 1. The van der Waals surface area contributed by atoms with Crippen molar-refractivity contribution in [3.63, 3.8) is 0 Å². The number of carboxylic acids is 1. The molecule has 1 aromatic rings. The molecule has 0 amide bonds. The zero-order chi connectivity index (χ0) is 12.5. The Hall–Kier alpha value is -1.56. The normalized spacial score (nSPS) is 13.6. The first kappa shape index (κ1) is 12.5. The molecule has 1 rings (SSSR count). The van der Waals surface area contributed by atoms with Gasteiger partial charge in [-0.05, 0) is 30.2 Å². The zero-order valence-corrected chi connectivity index (χ0v) is 8.38. The van der Waals surface area contributed by atoms with Crippen molar-refractivity contribution in [1.29, 1.82) is 0 Å². The van der Waals surface area contributed by atoms with E-state index >= 15 is 0 Å². The van der Waals surface area contributed by atoms with Crippen LogP contribution in [-0.4, -0.2) is 11.1 Å². The highest BCUT2D eigenvalue weighted by Crippen LogP contribution is 2.31. The smallest absolute Gasteiger partial charge is 0.416 e. The van der Waals surface area contributed by atoms with Crippen molar-refractivity contribution in [1.82, 2.24) is 0 Å². The second-order valence-electron chi connectivity index (χ2n) is 3.39. The maximum atomic E-state index is 12.4. The lowest BCUT2D eigenvalue weighted by Gasteiger charge is -2.13. The maximum Gasteiger partial charge on any atom is 0.416 e. The van der Waals surface area contributed by atoms with E-state index < -0.39 is 23.8 Å². The van der Waals surface area contributed by atoms with Gasteiger partial charge >= 0.3 is 12.1 Å². The van der Waals surface area contributed by atoms with Crippen LogP contribution in [0.2, 0.25) is 0 Å². The standard InChI is InChI=1S/C10H10F3NO2/c1-5-2-3-6(10(11,12)13)4-7(5)8(14)9(15)16/h2-4,8H,14H2,1H3,(H,15,16). The summed E-state index contributed by atoms with van der Waals surface area (Å²) >= 11 is 0. The monoisotopic (exact) mass is 233 g/mol. The van der Waals surface area contributed by atoms with E-state index in [1.54, 1.807) is 0 Å². The average molecular weight is 233 g/mol. The lowest BCUT2D eigenvalue weighted by Crippen LogP contribution is -2.22. The minimum atomic E-state index is -4.50. The molecule has 0 spiro atoms. The van der Waals surface area contributed by atoms with Crippen molar-refractivity contribution in [3.05, 3.63) is 34.9 Å². The largest absolute Gasteiger partial charge is 0.480 e. The molecule has 0 fully saturated rings. The third-order valence-electron chi connectivity index (χ3n) is 2.21. The third-order valence-corrected chi connectivity index (χ3v) is 2.21. The average Bonchev–Trinajstić information content (AvgIpc) is 2.15. The molecule has 1 atom stereocenters. The Balaban J connectivity index is 3.24. The molecule has 16 heavy (non-hydrogen) atoms. The molecule has 1 aromatic carbocycles. The van der Waals surface area contributed by atoms with E-state index in [0.29, 0.717) is 5.56 Å². The number of alkyl halides is 3. The first-order valence-electron chi connectivity index (χ1n) is 4.39. The summed E-state index contributed by atoms with van der Waals surface area (Å²) in [5.74, 6) is -1.36. The number of halogens is 3. The fraction of sp³-hybridized carbons (Fsp3) is 0.300. The van der Waals surface area contributed by atoms with E-state index in [1.807, 2.05) is 0 Å². The van der Waals surface area contributed by atoms with E-state index in [4.69, 9.17) is 10.8 Å². The molecule has 0 aromatic heterocycles. The summed E-state index contributed by atoms with van der Waals surface area (Å²) in [4.78, 5) is 10.6. The van der Waals surface area contributed by atoms with Crippen LogP contribution in [-0.2, 0) is 11.0 Å². The topological polar surface area (TPSA) is 63.3 Å². The second kappa shape index (κ2) is 4.13. The van der Waals surface area contributed by atoms with Crippen LogP contribution in [0.1, 0.15) is 22.7 Å². The number of hydrogen-bond donors (Lipinski definition) is 2. The molecule has 1 unspecified atom stereocenters. The Bertz CT molecular complexity index is 415. The summed E-state index contributed by atoms with van der Waals surface area (Å²) in [5, 5.41) is 8.65. The van der Waals surface area contributed by atoms with Gasteiger partial charge in [-0.1, -0.05) is 6.07 Å². The number of benzene rings is 1. The van der Waals surface area contributed by atoms with Gasteiger partial charge < -0.3 is 10.8 Å². The van der Waals surface area contributed by atoms with Crippen molar-refractivity contribution in [3.8, 4) is 0 Å². The zero-order valence-electron chi connectivity index (χ0n) is 8.38. The molecular weight excluding hydrogens is 223 g/mol. The molecule has 0 bridgehead atoms. The van der Waals surface area contributed by atoms with Crippen molar-refractivity contribution in [2.45, 2.75) is 19.1 Å². The van der Waals surface area contributed by atoms with Crippen LogP contribution in [0.5, 0.6) is 0 Å². The van der Waals surface area contributed by atoms with E-state index in [-0.39, 0.29) is 5.56 Å². The summed E-state index contributed by atoms with van der Waals surface area (Å²) in [6.07, 6.45) is -4.50. The van der Waals surface area contributed by atoms with Gasteiger partial charge in [0.25, 0.3) is 0 Å². The summed E-state index contributed by atoms with van der Waals surface area (Å²) in [6.45, 7) is 1.51. The molecule has 0 radical (unpaired) electrons. The van der Waals surface area contributed by atoms with Crippen molar-refractivity contribution in [2.75, 3.05) is 0 Å². The van der Waals surface area contributed by atoms with Gasteiger partial charge in [-0.25, -0.2) is 0 Å². The lowest BCUT2D eigenvalue weighted by atomic mass is 9.99. The van der Waals surface area contributed by atoms with Crippen LogP contribution < -0.4 is 5.73 Å². The number of rotatable bonds is 2. The minimum absolute atomic E-state index is 0.0256. The van der Waals surface area contributed by atoms with Crippen LogP contribution in [0.3, 0.4) is 0 Å². The van der Waals surface area contributed by atoms with Crippen LogP contribution in [0, 0.1) is 6.92 Å². The molecule has 0 aliphatic rings. The van der Waals surface area contributed by atoms with E-state index in [9.17, 15) is 18.0 Å². The van der Waals surface area contributed by atoms with Crippen LogP contribution in [0.4, 0.5) is 13.2 Å². The van der Waals surface area contributed by atoms with E-state index in [2.05, 4.69) is 0 Å². The number of aryl methyl sites for hydroxylation is 1. The van der Waals surface area contributed by atoms with Crippen LogP contribution in [0.15, 0.2) is 18.2 Å². The van der Waals surface area contributed by atoms with E-state index in [1.165, 1.54) is 13.0 Å². The van der Waals surface area contributed by atoms with Gasteiger partial charge in [0.2, 0.25) is 0 Å². The van der Waals surface area contributed by atoms with Crippen LogP contribution >= 0.6 is 0 Å². The molecule has 0 aliphatic heterocycles. The van der Waals surface area contributed by atoms with Crippen LogP contribution in [0.25, 0.3) is 0 Å². The number of nitrogens with two attached hydrogens (primary N) is 1. The molecule has 0 saturated carbocycles. The predicted octanol–water partition coefficient (Wildman–Crippen LogP) is 2.10. The molecular formula is C10H10F3NO2. The Morgan fingerprint density at radius 1 is 1.44 bits per heavy atom. The van der Waals surface area contributed by atoms with Gasteiger partial charge in [0.1, 0.15) is 6.04 Å². The number of hydrogen-bond acceptors (Lipinski definition) is 2. The van der Waals surface area contributed by atoms with Gasteiger partial charge in [0.15, 0.2) is 0 Å². The van der Waals surface area contributed by atoms with Gasteiger partial charge in [0, 0.05) is 0 Å². The molecule has 3 N–H and O–H groups in total. The first-order valence-corrected chi connectivity index (χ1v) is 4.39. The highest BCUT2D eigenvalue weighted by atomic mass is 19.4. The molecule has 3 nitrogen and oxygen atoms in total. The molecule has 0 saturated heterocycles. The summed E-state index contributed by atoms with van der Waals surface area (Å²) < 4.78 is 37.1. The number of carboxylic acid groups (broad SMARTS) is 1. The van der Waals surface area contributed by atoms with Gasteiger partial charge in [-0.3, -0.25) is 4.79 Å². The fourth-order valence-electron chi connectivity index (χ4n) is 1.28. The minimum Gasteiger partial charge on any atom is -0.480 e. The first-order chi connectivity index (χ1) is 7.23. The Morgan fingerprint density at radius 3 is 2.44 bits per heavy atom. The summed E-state index contributed by atoms with van der Waals surface area (Å²) in [6, 6.07) is 1.44. The van der Waals surface area contributed by atoms with Crippen molar-refractivity contribution in [2.24, 2.45) is 5.73 Å². The maximum absolute atomic E-state index is 12.4. The predicted molar refractivity (Wildman–Crippen MR) is 50.7 cm³/mol. The van der Waals surface area contributed by atoms with Gasteiger partial charge in [-0.2, -0.15) is 13.2 Å². The van der Waals surface area contributed by atoms with Crippen molar-refractivity contribution >= 4 is 5.97 Å². The SMILES string of the molecule is Cc1ccc(C(F)(F)F)cc1C(N)C(=O)O. The fourth-order valence-corrected chi connectivity index (χ4v) is 1.28. The Labute approximate surface area is 89.7 Å². The van der Waals surface area contributed by atoms with Crippen molar-refractivity contribution < 1.29 is 23.1 Å². The highest BCUT2D eigenvalue weighted by molar-refractivity contribution is 5.75. The van der Waals surface area contributed by atoms with Gasteiger partial charge in [-0.15, -0.1) is 0 Å². The Kier molecular flexibility index (Phi) is 3.23. The summed E-state index contributed by atoms with van der Waals surface area (Å²) in [7, 11) is 0. The lowest BCUT2D eigenvalue weighted by molar-refractivity contribution is -0.140. The molecule has 6 heteroatoms. The molecule has 0 aliphatic carbocycles. The quantitative estimate of drug-likeness (QED) is 0.822. The second-order valence-corrected chi connectivity index (χ2v) is 3.39. The van der Waals surface area contributed by atoms with Gasteiger partial charge in [0.05, 0.1) is 5.56 Å². The molecule has 88 valence electrons. The third kappa shape index (κ3) is 2.52.